The van der Waals surface area contributed by atoms with E-state index in [1.807, 2.05) is 91.0 Å². The van der Waals surface area contributed by atoms with Crippen LogP contribution in [-0.4, -0.2) is 15.0 Å². The van der Waals surface area contributed by atoms with Crippen LogP contribution in [0.15, 0.2) is 173 Å². The minimum absolute atomic E-state index is 0.549. The summed E-state index contributed by atoms with van der Waals surface area (Å²) < 4.78 is 13.0. The Balaban J connectivity index is 1.17. The van der Waals surface area contributed by atoms with Gasteiger partial charge in [-0.15, -0.1) is 0 Å². The number of nitrogens with zero attached hydrogens (tertiary/aromatic N) is 3. The lowest BCUT2D eigenvalue weighted by molar-refractivity contribution is 0.669. The van der Waals surface area contributed by atoms with Crippen molar-refractivity contribution in [3.05, 3.63) is 164 Å². The van der Waals surface area contributed by atoms with Gasteiger partial charge in [-0.05, 0) is 41.0 Å². The van der Waals surface area contributed by atoms with Gasteiger partial charge < -0.3 is 8.83 Å². The van der Waals surface area contributed by atoms with Crippen LogP contribution in [0.5, 0.6) is 0 Å². The van der Waals surface area contributed by atoms with Crippen molar-refractivity contribution in [1.82, 2.24) is 15.0 Å². The molecule has 50 heavy (non-hydrogen) atoms. The average Bonchev–Trinajstić information content (AvgIpc) is 3.77. The Hall–Kier alpha value is -6.85. The lowest BCUT2D eigenvalue weighted by Crippen LogP contribution is -2.00. The zero-order valence-electron chi connectivity index (χ0n) is 26.7. The van der Waals surface area contributed by atoms with Crippen molar-refractivity contribution < 1.29 is 8.83 Å². The number of aromatic nitrogens is 3. The molecule has 0 aliphatic carbocycles. The summed E-state index contributed by atoms with van der Waals surface area (Å²) >= 11 is 0. The van der Waals surface area contributed by atoms with Crippen LogP contribution < -0.4 is 0 Å². The summed E-state index contributed by atoms with van der Waals surface area (Å²) in [5, 5.41) is 4.25. The normalized spacial score (nSPS) is 11.6. The van der Waals surface area contributed by atoms with E-state index in [-0.39, 0.29) is 0 Å². The highest BCUT2D eigenvalue weighted by Crippen LogP contribution is 2.41. The van der Waals surface area contributed by atoms with Gasteiger partial charge in [0.15, 0.2) is 17.5 Å². The van der Waals surface area contributed by atoms with Gasteiger partial charge in [-0.3, -0.25) is 0 Å². The highest BCUT2D eigenvalue weighted by molar-refractivity contribution is 6.13. The van der Waals surface area contributed by atoms with Crippen LogP contribution in [0.2, 0.25) is 0 Å². The number of fused-ring (bicyclic) bond motifs is 6. The average molecular weight is 642 g/mol. The fourth-order valence-corrected chi connectivity index (χ4v) is 7.02. The lowest BCUT2D eigenvalue weighted by Gasteiger charge is -2.10. The zero-order chi connectivity index (χ0) is 33.0. The van der Waals surface area contributed by atoms with Crippen molar-refractivity contribution in [2.75, 3.05) is 0 Å². The first-order valence-corrected chi connectivity index (χ1v) is 16.6. The summed E-state index contributed by atoms with van der Waals surface area (Å²) in [6.45, 7) is 0. The Morgan fingerprint density at radius 1 is 0.320 bits per heavy atom. The maximum Gasteiger partial charge on any atom is 0.167 e. The molecule has 10 aromatic rings. The third-order valence-electron chi connectivity index (χ3n) is 9.35. The standard InChI is InChI=1S/C45H27N3O2/c1-3-13-28(14-4-1)33-21-10-22-34-35-23-11-24-37(42(35)50-41(33)34)45-47-43(29-15-5-2-6-16-29)46-44(48-45)31-18-9-17-30(27-31)32-20-12-26-39-40(32)36-19-7-8-25-38(36)49-39/h1-27H. The van der Waals surface area contributed by atoms with Crippen LogP contribution in [0.1, 0.15) is 0 Å². The van der Waals surface area contributed by atoms with Crippen LogP contribution in [0.25, 0.3) is 100 Å². The molecule has 0 aliphatic heterocycles. The second-order valence-electron chi connectivity index (χ2n) is 12.4. The Labute approximate surface area is 287 Å². The molecule has 0 spiro atoms. The van der Waals surface area contributed by atoms with Crippen molar-refractivity contribution in [1.29, 1.82) is 0 Å². The zero-order valence-corrected chi connectivity index (χ0v) is 26.7. The molecule has 0 saturated heterocycles. The summed E-state index contributed by atoms with van der Waals surface area (Å²) in [7, 11) is 0. The molecule has 0 atom stereocenters. The van der Waals surface area contributed by atoms with Gasteiger partial charge in [0, 0.05) is 38.2 Å². The molecule has 0 aliphatic rings. The number of furan rings is 2. The Morgan fingerprint density at radius 3 is 1.64 bits per heavy atom. The predicted octanol–water partition coefficient (Wildman–Crippen LogP) is 12.0. The van der Waals surface area contributed by atoms with Crippen molar-refractivity contribution in [3.8, 4) is 56.4 Å². The molecule has 5 nitrogen and oxygen atoms in total. The minimum atomic E-state index is 0.549. The molecular formula is C45H27N3O2. The van der Waals surface area contributed by atoms with Gasteiger partial charge >= 0.3 is 0 Å². The maximum absolute atomic E-state index is 6.75. The third-order valence-corrected chi connectivity index (χ3v) is 9.35. The topological polar surface area (TPSA) is 65.0 Å². The van der Waals surface area contributed by atoms with Gasteiger partial charge in [0.05, 0.1) is 5.56 Å². The molecule has 0 radical (unpaired) electrons. The van der Waals surface area contributed by atoms with Crippen molar-refractivity contribution in [2.24, 2.45) is 0 Å². The van der Waals surface area contributed by atoms with E-state index in [9.17, 15) is 0 Å². The van der Waals surface area contributed by atoms with Gasteiger partial charge in [0.2, 0.25) is 0 Å². The molecule has 3 aromatic heterocycles. The van der Waals surface area contributed by atoms with Crippen LogP contribution in [-0.2, 0) is 0 Å². The smallest absolute Gasteiger partial charge is 0.167 e. The second kappa shape index (κ2) is 11.4. The van der Waals surface area contributed by atoms with E-state index in [1.165, 1.54) is 0 Å². The highest BCUT2D eigenvalue weighted by atomic mass is 16.3. The molecule has 0 bridgehead atoms. The quantitative estimate of drug-likeness (QED) is 0.187. The third kappa shape index (κ3) is 4.60. The Bertz CT molecular complexity index is 2870. The molecule has 5 heteroatoms. The fraction of sp³-hybridized carbons (Fsp3) is 0. The summed E-state index contributed by atoms with van der Waals surface area (Å²) in [6, 6.07) is 55.6. The Morgan fingerprint density at radius 2 is 0.840 bits per heavy atom. The van der Waals surface area contributed by atoms with E-state index in [4.69, 9.17) is 23.8 Å². The summed E-state index contributed by atoms with van der Waals surface area (Å²) in [5.74, 6) is 1.73. The first-order valence-electron chi connectivity index (χ1n) is 16.6. The molecule has 0 N–H and O–H groups in total. The molecular weight excluding hydrogens is 615 g/mol. The van der Waals surface area contributed by atoms with Crippen LogP contribution >= 0.6 is 0 Å². The second-order valence-corrected chi connectivity index (χ2v) is 12.4. The van der Waals surface area contributed by atoms with Crippen LogP contribution in [0, 0.1) is 0 Å². The van der Waals surface area contributed by atoms with E-state index in [2.05, 4.69) is 72.8 Å². The van der Waals surface area contributed by atoms with Gasteiger partial charge in [0.1, 0.15) is 22.3 Å². The van der Waals surface area contributed by atoms with Crippen molar-refractivity contribution in [2.45, 2.75) is 0 Å². The van der Waals surface area contributed by atoms with Crippen molar-refractivity contribution >= 4 is 43.9 Å². The molecule has 0 saturated carbocycles. The molecule has 234 valence electrons. The highest BCUT2D eigenvalue weighted by Gasteiger charge is 2.20. The largest absolute Gasteiger partial charge is 0.456 e. The lowest BCUT2D eigenvalue weighted by atomic mass is 9.98. The SMILES string of the molecule is c1ccc(-c2nc(-c3cccc(-c4cccc5oc6ccccc6c45)c3)nc(-c3cccc4c3oc3c(-c5ccccc5)cccc34)n2)cc1. The summed E-state index contributed by atoms with van der Waals surface area (Å²) in [5.41, 5.74) is 10.2. The summed E-state index contributed by atoms with van der Waals surface area (Å²) in [4.78, 5) is 15.2. The van der Waals surface area contributed by atoms with E-state index >= 15 is 0 Å². The monoisotopic (exact) mass is 641 g/mol. The van der Waals surface area contributed by atoms with E-state index < -0.39 is 0 Å². The van der Waals surface area contributed by atoms with E-state index in [0.29, 0.717) is 17.5 Å². The van der Waals surface area contributed by atoms with Gasteiger partial charge in [-0.1, -0.05) is 140 Å². The summed E-state index contributed by atoms with van der Waals surface area (Å²) in [6.07, 6.45) is 0. The molecule has 3 heterocycles. The van der Waals surface area contributed by atoms with Crippen LogP contribution in [0.4, 0.5) is 0 Å². The van der Waals surface area contributed by atoms with Gasteiger partial charge in [0.25, 0.3) is 0 Å². The molecule has 7 aromatic carbocycles. The van der Waals surface area contributed by atoms with Crippen molar-refractivity contribution in [3.63, 3.8) is 0 Å². The van der Waals surface area contributed by atoms with Crippen LogP contribution in [0.3, 0.4) is 0 Å². The van der Waals surface area contributed by atoms with Gasteiger partial charge in [-0.25, -0.2) is 15.0 Å². The van der Waals surface area contributed by atoms with Gasteiger partial charge in [-0.2, -0.15) is 0 Å². The Kier molecular flexibility index (Phi) is 6.42. The number of hydrogen-bond acceptors (Lipinski definition) is 5. The van der Waals surface area contributed by atoms with E-state index in [1.54, 1.807) is 0 Å². The molecule has 0 fully saturated rings. The predicted molar refractivity (Wildman–Crippen MR) is 202 cm³/mol. The number of para-hydroxylation sites is 3. The molecule has 0 unspecified atom stereocenters. The fourth-order valence-electron chi connectivity index (χ4n) is 7.02. The first kappa shape index (κ1) is 28.2. The number of rotatable bonds is 5. The number of benzene rings is 7. The number of hydrogen-bond donors (Lipinski definition) is 0. The van der Waals surface area contributed by atoms with E-state index in [0.717, 1.165) is 82.8 Å². The first-order chi connectivity index (χ1) is 24.8. The minimum Gasteiger partial charge on any atom is -0.456 e. The maximum atomic E-state index is 6.75. The molecule has 0 amide bonds. The molecule has 10 rings (SSSR count).